The molecule has 2 N–H and O–H groups in total. The van der Waals surface area contributed by atoms with Crippen molar-refractivity contribution in [2.24, 2.45) is 0 Å². The first-order chi connectivity index (χ1) is 15.1. The van der Waals surface area contributed by atoms with Crippen LogP contribution in [0.1, 0.15) is 11.3 Å². The number of halogens is 1. The van der Waals surface area contributed by atoms with E-state index < -0.39 is 0 Å². The predicted molar refractivity (Wildman–Crippen MR) is 121 cm³/mol. The maximum Gasteiger partial charge on any atom is 2.00 e. The summed E-state index contributed by atoms with van der Waals surface area (Å²) >= 11 is 5.52. The number of aromatic amines is 1. The van der Waals surface area contributed by atoms with Crippen LogP contribution in [0.2, 0.25) is 5.02 Å². The maximum atomic E-state index is 12.6. The number of H-pyrrole nitrogens is 1. The number of nitrogens with zero attached hydrogens (tertiary/aromatic N) is 2. The van der Waals surface area contributed by atoms with Gasteiger partial charge in [-0.2, -0.15) is 30.3 Å². The van der Waals surface area contributed by atoms with E-state index in [1.54, 1.807) is 54.7 Å². The van der Waals surface area contributed by atoms with Crippen LogP contribution in [-0.2, 0) is 33.7 Å². The molecule has 3 aromatic carbocycles. The summed E-state index contributed by atoms with van der Waals surface area (Å²) in [5.74, 6) is 0.662. The van der Waals surface area contributed by atoms with Crippen molar-refractivity contribution < 1.29 is 32.4 Å². The summed E-state index contributed by atoms with van der Waals surface area (Å²) in [5.41, 5.74) is 2.97. The SMILES string of the molecule is Clc1cc[c-]cc1.O=c1c(Cc2ccccc2)nc2[c-][nH]c(-c3ccc(O)cc3)cn1-2.[Cd+2]. The van der Waals surface area contributed by atoms with Gasteiger partial charge in [-0.15, -0.1) is 17.8 Å². The van der Waals surface area contributed by atoms with Gasteiger partial charge in [0.25, 0.3) is 5.56 Å². The van der Waals surface area contributed by atoms with Crippen molar-refractivity contribution in [1.29, 1.82) is 0 Å². The summed E-state index contributed by atoms with van der Waals surface area (Å²) < 4.78 is 1.50. The number of imidazole rings is 1. The van der Waals surface area contributed by atoms with Crippen LogP contribution in [0.25, 0.3) is 17.1 Å². The Morgan fingerprint density at radius 2 is 1.69 bits per heavy atom. The van der Waals surface area contributed by atoms with Crippen molar-refractivity contribution in [1.82, 2.24) is 14.5 Å². The normalized spacial score (nSPS) is 10.2. The number of rotatable bonds is 3. The van der Waals surface area contributed by atoms with Crippen molar-refractivity contribution in [2.75, 3.05) is 0 Å². The molecule has 2 heterocycles. The fourth-order valence-corrected chi connectivity index (χ4v) is 3.14. The molecule has 0 atom stereocenters. The Morgan fingerprint density at radius 3 is 2.31 bits per heavy atom. The number of aromatic nitrogens is 3. The van der Waals surface area contributed by atoms with E-state index >= 15 is 0 Å². The van der Waals surface area contributed by atoms with E-state index in [9.17, 15) is 9.90 Å². The van der Waals surface area contributed by atoms with Crippen molar-refractivity contribution in [3.8, 4) is 22.8 Å². The zero-order valence-corrected chi connectivity index (χ0v) is 21.9. The van der Waals surface area contributed by atoms with Crippen LogP contribution in [0, 0.1) is 12.3 Å². The number of hydrogen-bond donors (Lipinski definition) is 2. The van der Waals surface area contributed by atoms with Gasteiger partial charge in [-0.3, -0.25) is 9.36 Å². The van der Waals surface area contributed by atoms with Crippen LogP contribution < -0.4 is 5.56 Å². The molecule has 7 heteroatoms. The predicted octanol–water partition coefficient (Wildman–Crippen LogP) is 4.90. The Hall–Kier alpha value is -2.91. The van der Waals surface area contributed by atoms with Gasteiger partial charge in [0.1, 0.15) is 11.4 Å². The van der Waals surface area contributed by atoms with E-state index in [4.69, 9.17) is 11.6 Å². The number of benzene rings is 3. The van der Waals surface area contributed by atoms with E-state index in [0.717, 1.165) is 21.8 Å². The van der Waals surface area contributed by atoms with Gasteiger partial charge in [0.15, 0.2) is 0 Å². The zero-order chi connectivity index (χ0) is 21.6. The average molecular weight is 540 g/mol. The van der Waals surface area contributed by atoms with E-state index in [2.05, 4.69) is 22.2 Å². The second-order valence-electron chi connectivity index (χ2n) is 6.78. The molecule has 0 radical (unpaired) electrons. The molecular formula is C25H18CdClN3O2. The molecule has 2 aliphatic rings. The molecule has 3 aromatic rings. The summed E-state index contributed by atoms with van der Waals surface area (Å²) in [7, 11) is 0. The third kappa shape index (κ3) is 5.86. The van der Waals surface area contributed by atoms with Gasteiger partial charge >= 0.3 is 27.3 Å². The van der Waals surface area contributed by atoms with Crippen molar-refractivity contribution in [2.45, 2.75) is 6.42 Å². The quantitative estimate of drug-likeness (QED) is 0.253. The summed E-state index contributed by atoms with van der Waals surface area (Å²) in [6, 6.07) is 26.5. The molecule has 0 aromatic heterocycles. The average Bonchev–Trinajstić information content (AvgIpc) is 3.11. The molecule has 0 saturated carbocycles. The van der Waals surface area contributed by atoms with Crippen LogP contribution in [0.5, 0.6) is 5.75 Å². The Morgan fingerprint density at radius 1 is 1.00 bits per heavy atom. The summed E-state index contributed by atoms with van der Waals surface area (Å²) in [6.45, 7) is 0. The monoisotopic (exact) mass is 541 g/mol. The molecule has 5 rings (SSSR count). The molecular weight excluding hydrogens is 522 g/mol. The van der Waals surface area contributed by atoms with Crippen molar-refractivity contribution >= 4 is 11.6 Å². The number of fused-ring (bicyclic) bond motifs is 1. The van der Waals surface area contributed by atoms with Crippen LogP contribution in [0.15, 0.2) is 89.9 Å². The number of phenolic OH excluding ortho intramolecular Hbond substituents is 1. The second kappa shape index (κ2) is 11.1. The molecule has 0 spiro atoms. The first-order valence-corrected chi connectivity index (χ1v) is 9.95. The summed E-state index contributed by atoms with van der Waals surface area (Å²) in [5, 5.41) is 10.1. The smallest absolute Gasteiger partial charge is 0.519 e. The van der Waals surface area contributed by atoms with E-state index in [1.807, 2.05) is 30.3 Å². The van der Waals surface area contributed by atoms with Crippen LogP contribution in [0.3, 0.4) is 0 Å². The first kappa shape index (κ1) is 23.7. The third-order valence-electron chi connectivity index (χ3n) is 4.57. The second-order valence-corrected chi connectivity index (χ2v) is 7.21. The molecule has 0 bridgehead atoms. The summed E-state index contributed by atoms with van der Waals surface area (Å²) in [4.78, 5) is 20.0. The van der Waals surface area contributed by atoms with Gasteiger partial charge in [-0.25, -0.2) is 4.98 Å². The van der Waals surface area contributed by atoms with E-state index in [0.29, 0.717) is 17.9 Å². The maximum absolute atomic E-state index is 12.6. The number of phenols is 1. The van der Waals surface area contributed by atoms with Gasteiger partial charge in [0.05, 0.1) is 5.82 Å². The number of hydrogen-bond acceptors (Lipinski definition) is 3. The standard InChI is InChI=1S/C19H14N3O2.C6H4Cl.Cd/c23-15-8-6-14(7-9-15)17-12-22-18(11-20-17)21-16(19(22)24)10-13-4-2-1-3-5-13;7-6-4-2-1-3-5-6;/h1-9,12,20,23H,10H2;2-5H;/q2*-1;+2. The third-order valence-corrected chi connectivity index (χ3v) is 4.82. The molecule has 0 fully saturated rings. The molecule has 0 unspecified atom stereocenters. The Labute approximate surface area is 210 Å². The Bertz CT molecular complexity index is 1290. The zero-order valence-electron chi connectivity index (χ0n) is 17.1. The molecule has 0 aliphatic carbocycles. The molecule has 2 aliphatic heterocycles. The Kier molecular flexibility index (Phi) is 8.24. The van der Waals surface area contributed by atoms with Gasteiger partial charge in [0.2, 0.25) is 0 Å². The molecule has 32 heavy (non-hydrogen) atoms. The minimum Gasteiger partial charge on any atom is -0.519 e. The van der Waals surface area contributed by atoms with Gasteiger partial charge < -0.3 is 10.1 Å². The molecule has 5 nitrogen and oxygen atoms in total. The first-order valence-electron chi connectivity index (χ1n) is 9.57. The minimum atomic E-state index is -0.140. The fourth-order valence-electron chi connectivity index (χ4n) is 3.02. The number of nitrogens with one attached hydrogen (secondary N) is 1. The Balaban J connectivity index is 0.000000311. The van der Waals surface area contributed by atoms with E-state index in [1.165, 1.54) is 4.57 Å². The van der Waals surface area contributed by atoms with Crippen LogP contribution in [-0.4, -0.2) is 19.6 Å². The van der Waals surface area contributed by atoms with Gasteiger partial charge in [-0.1, -0.05) is 58.7 Å². The van der Waals surface area contributed by atoms with Crippen LogP contribution in [0.4, 0.5) is 0 Å². The minimum absolute atomic E-state index is 0. The topological polar surface area (TPSA) is 70.9 Å². The summed E-state index contributed by atoms with van der Waals surface area (Å²) in [6.07, 6.45) is 5.14. The van der Waals surface area contributed by atoms with Gasteiger partial charge in [0, 0.05) is 6.42 Å². The number of aromatic hydroxyl groups is 1. The molecule has 154 valence electrons. The molecule has 0 saturated heterocycles. The molecule has 0 amide bonds. The van der Waals surface area contributed by atoms with Crippen molar-refractivity contribution in [3.05, 3.63) is 124 Å². The fraction of sp³-hybridized carbons (Fsp3) is 0.0400. The van der Waals surface area contributed by atoms with Gasteiger partial charge in [-0.05, 0) is 23.9 Å². The van der Waals surface area contributed by atoms with E-state index in [-0.39, 0.29) is 38.6 Å². The van der Waals surface area contributed by atoms with Crippen LogP contribution >= 0.6 is 11.6 Å². The largest absolute Gasteiger partial charge is 2.00 e. The van der Waals surface area contributed by atoms with Crippen molar-refractivity contribution in [3.63, 3.8) is 0 Å².